The largest absolute Gasteiger partial charge is 0.493 e. The van der Waals surface area contributed by atoms with E-state index in [1.165, 1.54) is 33.2 Å². The molecule has 38 heavy (non-hydrogen) atoms. The number of amides is 1. The molecule has 0 fully saturated rings. The summed E-state index contributed by atoms with van der Waals surface area (Å²) < 4.78 is 27.3. The molecule has 1 heterocycles. The predicted molar refractivity (Wildman–Crippen MR) is 137 cm³/mol. The van der Waals surface area contributed by atoms with E-state index in [2.05, 4.69) is 10.3 Å². The molecule has 1 aromatic heterocycles. The summed E-state index contributed by atoms with van der Waals surface area (Å²) in [5.41, 5.74) is 0.579. The summed E-state index contributed by atoms with van der Waals surface area (Å²) in [5.74, 6) is -1.17. The number of carbonyl (C=O) groups excluding carboxylic acids is 3. The molecule has 3 rings (SSSR count). The third-order valence-electron chi connectivity index (χ3n) is 5.33. The molecule has 0 aliphatic rings. The van der Waals surface area contributed by atoms with Gasteiger partial charge in [0.1, 0.15) is 17.9 Å². The van der Waals surface area contributed by atoms with Crippen molar-refractivity contribution in [1.82, 2.24) is 10.3 Å². The summed E-state index contributed by atoms with van der Waals surface area (Å²) in [6.45, 7) is 4.06. The molecule has 0 radical (unpaired) electrons. The van der Waals surface area contributed by atoms with Crippen molar-refractivity contribution in [3.8, 4) is 17.2 Å². The van der Waals surface area contributed by atoms with Crippen molar-refractivity contribution in [1.29, 1.82) is 0 Å². The number of pyridine rings is 1. The second-order valence-electron chi connectivity index (χ2n) is 8.19. The fourth-order valence-corrected chi connectivity index (χ4v) is 3.47. The number of rotatable bonds is 12. The Kier molecular flexibility index (Phi) is 10.0. The average Bonchev–Trinajstić information content (AvgIpc) is 2.92. The summed E-state index contributed by atoms with van der Waals surface area (Å²) in [6.07, 6.45) is 0.0671. The van der Waals surface area contributed by atoms with Crippen molar-refractivity contribution in [2.75, 3.05) is 13.9 Å². The van der Waals surface area contributed by atoms with Gasteiger partial charge in [-0.1, -0.05) is 48.5 Å². The minimum absolute atomic E-state index is 0.0404. The highest BCUT2D eigenvalue weighted by atomic mass is 16.7. The highest BCUT2D eigenvalue weighted by Gasteiger charge is 2.29. The smallest absolute Gasteiger partial charge is 0.329 e. The first-order valence-corrected chi connectivity index (χ1v) is 11.9. The molecule has 3 aromatic rings. The lowest BCUT2D eigenvalue weighted by atomic mass is 10.0. The second-order valence-corrected chi connectivity index (χ2v) is 8.19. The Hall–Kier alpha value is -4.60. The lowest BCUT2D eigenvalue weighted by Gasteiger charge is -2.27. The van der Waals surface area contributed by atoms with E-state index in [4.69, 9.17) is 23.7 Å². The molecular weight excluding hydrogens is 492 g/mol. The van der Waals surface area contributed by atoms with Crippen molar-refractivity contribution in [2.45, 2.75) is 39.0 Å². The van der Waals surface area contributed by atoms with Gasteiger partial charge in [0.25, 0.3) is 5.91 Å². The van der Waals surface area contributed by atoms with Gasteiger partial charge in [0, 0.05) is 19.2 Å². The summed E-state index contributed by atoms with van der Waals surface area (Å²) in [6, 6.07) is 18.8. The van der Waals surface area contributed by atoms with Crippen LogP contribution in [0.25, 0.3) is 0 Å². The Bertz CT molecular complexity index is 1220. The standard InChI is InChI=1S/C28H30N2O8/c1-18(30-27(32)24-26(36-17-35-20(3)31)23(34-4)15-16-29-24)28(33)38-25(21-11-7-5-8-12-21)19(2)37-22-13-9-6-10-14-22/h5-16,18-19,25H,17H2,1-4H3,(H,30,32)/t18-,19-,25-/m0/s1. The van der Waals surface area contributed by atoms with Crippen LogP contribution in [0.3, 0.4) is 0 Å². The maximum Gasteiger partial charge on any atom is 0.329 e. The van der Waals surface area contributed by atoms with Crippen LogP contribution >= 0.6 is 0 Å². The summed E-state index contributed by atoms with van der Waals surface area (Å²) in [7, 11) is 1.39. The average molecular weight is 523 g/mol. The number of nitrogens with one attached hydrogen (secondary N) is 1. The van der Waals surface area contributed by atoms with Crippen LogP contribution in [0.1, 0.15) is 42.9 Å². The number of carbonyl (C=O) groups is 3. The molecule has 1 N–H and O–H groups in total. The van der Waals surface area contributed by atoms with Crippen LogP contribution in [-0.4, -0.2) is 48.9 Å². The molecule has 0 saturated carbocycles. The monoisotopic (exact) mass is 522 g/mol. The number of para-hydroxylation sites is 1. The molecule has 0 unspecified atom stereocenters. The molecule has 0 saturated heterocycles. The van der Waals surface area contributed by atoms with Crippen molar-refractivity contribution in [3.63, 3.8) is 0 Å². The Labute approximate surface area is 220 Å². The highest BCUT2D eigenvalue weighted by Crippen LogP contribution is 2.30. The molecule has 0 spiro atoms. The topological polar surface area (TPSA) is 122 Å². The van der Waals surface area contributed by atoms with E-state index < -0.39 is 42.9 Å². The molecule has 1 amide bonds. The van der Waals surface area contributed by atoms with E-state index in [-0.39, 0.29) is 17.2 Å². The zero-order chi connectivity index (χ0) is 27.5. The quantitative estimate of drug-likeness (QED) is 0.279. The lowest BCUT2D eigenvalue weighted by molar-refractivity contribution is -0.156. The SMILES string of the molecule is COc1ccnc(C(=O)N[C@@H](C)C(=O)O[C@H](c2ccccc2)[C@H](C)Oc2ccccc2)c1OCOC(C)=O. The number of benzene rings is 2. The Morgan fingerprint density at radius 2 is 1.61 bits per heavy atom. The highest BCUT2D eigenvalue weighted by molar-refractivity contribution is 5.98. The molecular formula is C28H30N2O8. The zero-order valence-electron chi connectivity index (χ0n) is 21.6. The predicted octanol–water partition coefficient (Wildman–Crippen LogP) is 3.86. The van der Waals surface area contributed by atoms with Gasteiger partial charge in [0.2, 0.25) is 6.79 Å². The van der Waals surface area contributed by atoms with Crippen LogP contribution in [0.5, 0.6) is 17.2 Å². The van der Waals surface area contributed by atoms with Crippen LogP contribution in [0, 0.1) is 0 Å². The lowest BCUT2D eigenvalue weighted by Crippen LogP contribution is -2.41. The molecule has 10 nitrogen and oxygen atoms in total. The van der Waals surface area contributed by atoms with Gasteiger partial charge in [-0.2, -0.15) is 0 Å². The first kappa shape index (κ1) is 28.0. The molecule has 10 heteroatoms. The molecule has 0 aliphatic heterocycles. The fourth-order valence-electron chi connectivity index (χ4n) is 3.47. The van der Waals surface area contributed by atoms with Gasteiger partial charge in [0.05, 0.1) is 7.11 Å². The Balaban J connectivity index is 1.73. The van der Waals surface area contributed by atoms with Crippen molar-refractivity contribution in [2.24, 2.45) is 0 Å². The number of methoxy groups -OCH3 is 1. The van der Waals surface area contributed by atoms with Crippen LogP contribution in [0.15, 0.2) is 72.9 Å². The van der Waals surface area contributed by atoms with Crippen molar-refractivity contribution >= 4 is 17.8 Å². The molecule has 3 atom stereocenters. The summed E-state index contributed by atoms with van der Waals surface area (Å²) in [5, 5.41) is 2.57. The number of ether oxygens (including phenoxy) is 5. The van der Waals surface area contributed by atoms with E-state index in [9.17, 15) is 14.4 Å². The molecule has 2 aromatic carbocycles. The maximum atomic E-state index is 13.1. The Morgan fingerprint density at radius 1 is 0.947 bits per heavy atom. The second kappa shape index (κ2) is 13.6. The zero-order valence-corrected chi connectivity index (χ0v) is 21.6. The first-order chi connectivity index (χ1) is 18.3. The third kappa shape index (κ3) is 7.70. The first-order valence-electron chi connectivity index (χ1n) is 11.9. The number of nitrogens with zero attached hydrogens (tertiary/aromatic N) is 1. The number of hydrogen-bond donors (Lipinski definition) is 1. The number of aromatic nitrogens is 1. The van der Waals surface area contributed by atoms with Gasteiger partial charge in [-0.15, -0.1) is 0 Å². The third-order valence-corrected chi connectivity index (χ3v) is 5.33. The molecule has 0 bridgehead atoms. The Morgan fingerprint density at radius 3 is 2.24 bits per heavy atom. The minimum Gasteiger partial charge on any atom is -0.493 e. The minimum atomic E-state index is -1.05. The number of esters is 2. The maximum absolute atomic E-state index is 13.1. The van der Waals surface area contributed by atoms with E-state index in [1.807, 2.05) is 60.7 Å². The molecule has 0 aliphatic carbocycles. The van der Waals surface area contributed by atoms with Crippen molar-refractivity contribution in [3.05, 3.63) is 84.2 Å². The fraction of sp³-hybridized carbons (Fsp3) is 0.286. The van der Waals surface area contributed by atoms with Gasteiger partial charge in [0.15, 0.2) is 23.3 Å². The summed E-state index contributed by atoms with van der Waals surface area (Å²) >= 11 is 0. The van der Waals surface area contributed by atoms with E-state index >= 15 is 0 Å². The van der Waals surface area contributed by atoms with Gasteiger partial charge < -0.3 is 29.0 Å². The summed E-state index contributed by atoms with van der Waals surface area (Å²) in [4.78, 5) is 41.2. The molecule has 200 valence electrons. The van der Waals surface area contributed by atoms with E-state index in [0.717, 1.165) is 5.56 Å². The number of hydrogen-bond acceptors (Lipinski definition) is 9. The van der Waals surface area contributed by atoms with Crippen molar-refractivity contribution < 1.29 is 38.1 Å². The van der Waals surface area contributed by atoms with Gasteiger partial charge in [-0.25, -0.2) is 9.78 Å². The van der Waals surface area contributed by atoms with E-state index in [0.29, 0.717) is 5.75 Å². The van der Waals surface area contributed by atoms with Crippen LogP contribution in [0.4, 0.5) is 0 Å². The van der Waals surface area contributed by atoms with Crippen LogP contribution in [0.2, 0.25) is 0 Å². The normalized spacial score (nSPS) is 12.8. The van der Waals surface area contributed by atoms with Gasteiger partial charge in [-0.05, 0) is 31.5 Å². The van der Waals surface area contributed by atoms with Gasteiger partial charge >= 0.3 is 11.9 Å². The van der Waals surface area contributed by atoms with Gasteiger partial charge in [-0.3, -0.25) is 9.59 Å². The van der Waals surface area contributed by atoms with Crippen LogP contribution < -0.4 is 19.5 Å². The van der Waals surface area contributed by atoms with E-state index in [1.54, 1.807) is 6.92 Å². The van der Waals surface area contributed by atoms with Crippen LogP contribution in [-0.2, 0) is 19.1 Å².